The van der Waals surface area contributed by atoms with Crippen LogP contribution in [0.4, 0.5) is 0 Å². The van der Waals surface area contributed by atoms with Gasteiger partial charge in [0.2, 0.25) is 0 Å². The largest absolute Gasteiger partial charge is 0.492 e. The van der Waals surface area contributed by atoms with Crippen LogP contribution in [0.5, 0.6) is 0 Å². The van der Waals surface area contributed by atoms with E-state index in [0.717, 1.165) is 17.7 Å². The SMILES string of the molecule is CSc1ccc(COC(=O)CNC(=O)c2ccc3c(c2C)B(O)OC3)cc1CN(C)C. The van der Waals surface area contributed by atoms with Gasteiger partial charge < -0.3 is 24.6 Å². The van der Waals surface area contributed by atoms with Crippen LogP contribution in [0.1, 0.15) is 32.6 Å². The zero-order valence-electron chi connectivity index (χ0n) is 18.2. The third-order valence-corrected chi connectivity index (χ3v) is 5.96. The van der Waals surface area contributed by atoms with E-state index in [1.807, 2.05) is 38.6 Å². The molecule has 0 bridgehead atoms. The van der Waals surface area contributed by atoms with Crippen molar-refractivity contribution in [3.63, 3.8) is 0 Å². The number of esters is 1. The van der Waals surface area contributed by atoms with E-state index in [1.54, 1.807) is 30.8 Å². The van der Waals surface area contributed by atoms with Crippen molar-refractivity contribution >= 4 is 36.2 Å². The molecule has 0 saturated carbocycles. The summed E-state index contributed by atoms with van der Waals surface area (Å²) >= 11 is 1.68. The van der Waals surface area contributed by atoms with Gasteiger partial charge in [-0.05, 0) is 73.2 Å². The molecule has 1 amide bonds. The van der Waals surface area contributed by atoms with Gasteiger partial charge in [-0.15, -0.1) is 11.8 Å². The van der Waals surface area contributed by atoms with Crippen molar-refractivity contribution in [2.75, 3.05) is 26.9 Å². The fourth-order valence-electron chi connectivity index (χ4n) is 3.60. The predicted molar refractivity (Wildman–Crippen MR) is 121 cm³/mol. The molecule has 0 fully saturated rings. The average Bonchev–Trinajstić information content (AvgIpc) is 3.12. The van der Waals surface area contributed by atoms with Gasteiger partial charge in [0.15, 0.2) is 0 Å². The van der Waals surface area contributed by atoms with Crippen molar-refractivity contribution in [1.82, 2.24) is 10.2 Å². The van der Waals surface area contributed by atoms with Gasteiger partial charge in [-0.1, -0.05) is 12.1 Å². The number of fused-ring (bicyclic) bond motifs is 1. The Labute approximate surface area is 187 Å². The van der Waals surface area contributed by atoms with Crippen LogP contribution in [0.25, 0.3) is 0 Å². The Morgan fingerprint density at radius 3 is 2.77 bits per heavy atom. The summed E-state index contributed by atoms with van der Waals surface area (Å²) in [4.78, 5) is 28.0. The van der Waals surface area contributed by atoms with Crippen molar-refractivity contribution in [3.05, 3.63) is 58.1 Å². The fourth-order valence-corrected chi connectivity index (χ4v) is 4.19. The third kappa shape index (κ3) is 5.68. The molecule has 9 heteroatoms. The summed E-state index contributed by atoms with van der Waals surface area (Å²) in [6, 6.07) is 9.45. The van der Waals surface area contributed by atoms with Crippen LogP contribution in [0.15, 0.2) is 35.2 Å². The molecule has 3 rings (SSSR count). The van der Waals surface area contributed by atoms with Gasteiger partial charge in [-0.3, -0.25) is 9.59 Å². The molecular weight excluding hydrogens is 415 g/mol. The number of hydrogen-bond acceptors (Lipinski definition) is 7. The molecule has 2 N–H and O–H groups in total. The van der Waals surface area contributed by atoms with Crippen LogP contribution in [0.3, 0.4) is 0 Å². The lowest BCUT2D eigenvalue weighted by molar-refractivity contribution is -0.143. The number of thioether (sulfide) groups is 1. The normalized spacial score (nSPS) is 12.8. The highest BCUT2D eigenvalue weighted by Gasteiger charge is 2.31. The van der Waals surface area contributed by atoms with Crippen LogP contribution in [-0.2, 0) is 33.9 Å². The van der Waals surface area contributed by atoms with Crippen LogP contribution in [-0.4, -0.2) is 55.8 Å². The second kappa shape index (κ2) is 10.3. The molecule has 0 aliphatic carbocycles. The summed E-state index contributed by atoms with van der Waals surface area (Å²) in [5, 5.41) is 12.5. The molecule has 0 radical (unpaired) electrons. The molecule has 7 nitrogen and oxygen atoms in total. The first-order valence-corrected chi connectivity index (χ1v) is 11.2. The van der Waals surface area contributed by atoms with Crippen molar-refractivity contribution in [2.45, 2.75) is 31.6 Å². The molecule has 31 heavy (non-hydrogen) atoms. The molecule has 2 aromatic carbocycles. The van der Waals surface area contributed by atoms with Gasteiger partial charge in [0, 0.05) is 17.0 Å². The molecule has 164 valence electrons. The summed E-state index contributed by atoms with van der Waals surface area (Å²) in [5.41, 5.74) is 4.61. The van der Waals surface area contributed by atoms with Gasteiger partial charge in [-0.25, -0.2) is 0 Å². The first-order valence-electron chi connectivity index (χ1n) is 9.96. The van der Waals surface area contributed by atoms with Crippen LogP contribution in [0.2, 0.25) is 0 Å². The minimum absolute atomic E-state index is 0.144. The second-order valence-electron chi connectivity index (χ2n) is 7.70. The highest BCUT2D eigenvalue weighted by atomic mass is 32.2. The summed E-state index contributed by atoms with van der Waals surface area (Å²) in [7, 11) is 2.99. The number of carbonyl (C=O) groups is 2. The first-order chi connectivity index (χ1) is 14.8. The zero-order valence-corrected chi connectivity index (χ0v) is 19.0. The van der Waals surface area contributed by atoms with E-state index < -0.39 is 19.0 Å². The van der Waals surface area contributed by atoms with Crippen LogP contribution in [0, 0.1) is 6.92 Å². The third-order valence-electron chi connectivity index (χ3n) is 5.12. The zero-order chi connectivity index (χ0) is 22.5. The van der Waals surface area contributed by atoms with E-state index in [4.69, 9.17) is 9.39 Å². The molecule has 0 atom stereocenters. The number of rotatable bonds is 8. The summed E-state index contributed by atoms with van der Waals surface area (Å²) < 4.78 is 10.5. The molecule has 1 heterocycles. The maximum absolute atomic E-state index is 12.5. The molecule has 1 aliphatic rings. The molecule has 0 aromatic heterocycles. The van der Waals surface area contributed by atoms with Crippen molar-refractivity contribution in [3.8, 4) is 0 Å². The second-order valence-corrected chi connectivity index (χ2v) is 8.55. The van der Waals surface area contributed by atoms with Crippen LogP contribution >= 0.6 is 11.8 Å². The smallest absolute Gasteiger partial charge is 0.460 e. The van der Waals surface area contributed by atoms with Crippen molar-refractivity contribution < 1.29 is 24.0 Å². The Hall–Kier alpha value is -2.33. The van der Waals surface area contributed by atoms with Gasteiger partial charge in [0.1, 0.15) is 13.2 Å². The van der Waals surface area contributed by atoms with E-state index in [2.05, 4.69) is 10.2 Å². The lowest BCUT2D eigenvalue weighted by atomic mass is 9.75. The Morgan fingerprint density at radius 2 is 2.06 bits per heavy atom. The molecule has 0 saturated heterocycles. The quantitative estimate of drug-likeness (QED) is 0.364. The maximum atomic E-state index is 12.5. The van der Waals surface area contributed by atoms with Crippen molar-refractivity contribution in [1.29, 1.82) is 0 Å². The summed E-state index contributed by atoms with van der Waals surface area (Å²) in [6.07, 6.45) is 2.04. The van der Waals surface area contributed by atoms with Crippen molar-refractivity contribution in [2.24, 2.45) is 0 Å². The summed E-state index contributed by atoms with van der Waals surface area (Å²) in [5.74, 6) is -0.910. The van der Waals surface area contributed by atoms with Gasteiger partial charge in [-0.2, -0.15) is 0 Å². The Balaban J connectivity index is 1.55. The highest BCUT2D eigenvalue weighted by molar-refractivity contribution is 7.98. The van der Waals surface area contributed by atoms with Crippen LogP contribution < -0.4 is 10.8 Å². The molecular formula is C22H27BN2O5S. The van der Waals surface area contributed by atoms with E-state index >= 15 is 0 Å². The number of benzene rings is 2. The fraction of sp³-hybridized carbons (Fsp3) is 0.364. The minimum atomic E-state index is -1.03. The Kier molecular flexibility index (Phi) is 7.77. The maximum Gasteiger partial charge on any atom is 0.492 e. The van der Waals surface area contributed by atoms with Gasteiger partial charge in [0.05, 0.1) is 6.61 Å². The number of nitrogens with zero attached hydrogens (tertiary/aromatic N) is 1. The van der Waals surface area contributed by atoms with Gasteiger partial charge in [0.25, 0.3) is 5.91 Å². The molecule has 0 unspecified atom stereocenters. The minimum Gasteiger partial charge on any atom is -0.460 e. The van der Waals surface area contributed by atoms with E-state index in [1.165, 1.54) is 10.5 Å². The monoisotopic (exact) mass is 442 g/mol. The number of nitrogens with one attached hydrogen (secondary N) is 1. The van der Waals surface area contributed by atoms with Gasteiger partial charge >= 0.3 is 13.1 Å². The Bertz CT molecular complexity index is 983. The van der Waals surface area contributed by atoms with E-state index in [-0.39, 0.29) is 13.2 Å². The highest BCUT2D eigenvalue weighted by Crippen LogP contribution is 2.23. The lowest BCUT2D eigenvalue weighted by Gasteiger charge is -2.15. The number of ether oxygens (including phenoxy) is 1. The topological polar surface area (TPSA) is 88.1 Å². The number of hydrogen-bond donors (Lipinski definition) is 2. The van der Waals surface area contributed by atoms with E-state index in [9.17, 15) is 14.6 Å². The molecule has 0 spiro atoms. The lowest BCUT2D eigenvalue weighted by Crippen LogP contribution is -2.35. The number of carbonyl (C=O) groups excluding carboxylic acids is 2. The molecule has 1 aliphatic heterocycles. The predicted octanol–water partition coefficient (Wildman–Crippen LogP) is 1.47. The average molecular weight is 442 g/mol. The van der Waals surface area contributed by atoms with E-state index in [0.29, 0.717) is 23.2 Å². The summed E-state index contributed by atoms with van der Waals surface area (Å²) in [6.45, 7) is 2.79. The first kappa shape index (κ1) is 23.3. The Morgan fingerprint density at radius 1 is 1.29 bits per heavy atom. The molecule has 2 aromatic rings. The number of amides is 1. The standard InChI is InChI=1S/C22H27BN2O5S/c1-14-18(7-6-16-13-30-23(28)21(14)16)22(27)24-10-20(26)29-12-15-5-8-19(31-4)17(9-15)11-25(2)3/h5-9,28H,10-13H2,1-4H3,(H,24,27).